The van der Waals surface area contributed by atoms with Crippen LogP contribution in [0.4, 0.5) is 0 Å². The number of esters is 16. The number of hydrogen-bond acceptors (Lipinski definition) is 32. The summed E-state index contributed by atoms with van der Waals surface area (Å²) in [6.45, 7) is 30.4. The molecule has 32 nitrogen and oxygen atoms in total. The van der Waals surface area contributed by atoms with Crippen LogP contribution in [0.1, 0.15) is 331 Å². The van der Waals surface area contributed by atoms with E-state index in [9.17, 15) is 76.7 Å². The largest absolute Gasteiger partial charge is 0.462 e. The van der Waals surface area contributed by atoms with E-state index in [0.717, 1.165) is 0 Å². The molecule has 4 heterocycles. The molecule has 121 heavy (non-hydrogen) atoms. The quantitative estimate of drug-likeness (QED) is 0.0319. The van der Waals surface area contributed by atoms with Crippen molar-refractivity contribution in [1.29, 1.82) is 0 Å². The van der Waals surface area contributed by atoms with Crippen LogP contribution in [0.3, 0.4) is 0 Å². The summed E-state index contributed by atoms with van der Waals surface area (Å²) in [4.78, 5) is 189. The summed E-state index contributed by atoms with van der Waals surface area (Å²) in [6, 6.07) is 0. The molecule has 0 aromatic rings. The third-order valence-electron chi connectivity index (χ3n) is 23.2. The maximum absolute atomic E-state index is 12.2. The smallest absolute Gasteiger partial charge is 0.311 e. The van der Waals surface area contributed by atoms with E-state index in [1.807, 2.05) is 27.7 Å². The van der Waals surface area contributed by atoms with Crippen molar-refractivity contribution in [1.82, 2.24) is 0 Å². The van der Waals surface area contributed by atoms with Crippen molar-refractivity contribution in [3.05, 3.63) is 0 Å². The van der Waals surface area contributed by atoms with E-state index in [0.29, 0.717) is 103 Å². The molecular formula is C89H154O32. The van der Waals surface area contributed by atoms with Crippen LogP contribution >= 0.6 is 0 Å². The lowest BCUT2D eigenvalue weighted by molar-refractivity contribution is -0.197. The molecule has 0 radical (unpaired) electrons. The number of hydrogen-bond donors (Lipinski definition) is 0. The van der Waals surface area contributed by atoms with Gasteiger partial charge < -0.3 is 75.8 Å². The molecule has 702 valence electrons. The van der Waals surface area contributed by atoms with Gasteiger partial charge in [0.2, 0.25) is 0 Å². The first-order valence-electron chi connectivity index (χ1n) is 39.7. The van der Waals surface area contributed by atoms with Gasteiger partial charge >= 0.3 is 95.5 Å². The van der Waals surface area contributed by atoms with Gasteiger partial charge in [0.05, 0.1) is 96.7 Å². The highest BCUT2D eigenvalue weighted by Crippen LogP contribution is 2.51. The molecule has 8 bridgehead atoms. The minimum Gasteiger partial charge on any atom is -0.462 e. The number of ether oxygens (including phenoxy) is 16. The summed E-state index contributed by atoms with van der Waals surface area (Å²) in [7, 11) is 0. The van der Waals surface area contributed by atoms with Gasteiger partial charge in [-0.2, -0.15) is 0 Å². The maximum Gasteiger partial charge on any atom is 0.311 e. The summed E-state index contributed by atoms with van der Waals surface area (Å²) in [6.07, 6.45) is 7.21. The summed E-state index contributed by atoms with van der Waals surface area (Å²) in [5.74, 6) is -7.10. The average molecular weight is 1740 g/mol. The van der Waals surface area contributed by atoms with Crippen molar-refractivity contribution >= 4 is 95.5 Å². The Labute approximate surface area is 720 Å². The second kappa shape index (κ2) is 51.6. The van der Waals surface area contributed by atoms with E-state index >= 15 is 0 Å². The normalized spacial score (nSPS) is 25.1. The number of rotatable bonds is 36. The van der Waals surface area contributed by atoms with Gasteiger partial charge in [0.25, 0.3) is 0 Å². The van der Waals surface area contributed by atoms with Gasteiger partial charge in [-0.3, -0.25) is 76.7 Å². The van der Waals surface area contributed by atoms with Crippen LogP contribution in [-0.4, -0.2) is 195 Å². The first kappa shape index (κ1) is 119. The van der Waals surface area contributed by atoms with Gasteiger partial charge in [-0.1, -0.05) is 87.1 Å². The van der Waals surface area contributed by atoms with E-state index in [4.69, 9.17) is 75.8 Å². The standard InChI is InChI=1S/C21H32O8.3C20H30O8.8CH4/c1-6-19(2,3)18(25)27-12-11-26-15(22)7-8-16(23)28-20(4)10-9-14-13-21(20,5)29-17(14)24;2*1-5-19(2,3)18(24)26-11-10-25-15(21)6-7-16(22)28-20(4)9-8-13-12-14(20)27-17(13)23;1-5-19(2,3)18(24)26-11-10-25-15(21)8-9-16(22)27-14-7-6-13-12-20(14,4)28-17(13)23;;;;;;;;/h14H,6-13H2,1-5H3;3*13-14H,5-12H2,1-4H3;8*1H4. The molecule has 8 aliphatic rings. The molecule has 4 aliphatic heterocycles. The van der Waals surface area contributed by atoms with E-state index in [-0.39, 0.29) is 235 Å². The number of fused-ring (bicyclic) bond motifs is 8. The number of carbonyl (C=O) groups excluding carboxylic acids is 16. The lowest BCUT2D eigenvalue weighted by Crippen LogP contribution is -2.54. The Kier molecular flexibility index (Phi) is 50.6. The Hall–Kier alpha value is -8.48. The Bertz CT molecular complexity index is 3320. The molecule has 4 saturated carbocycles. The van der Waals surface area contributed by atoms with Gasteiger partial charge in [-0.15, -0.1) is 0 Å². The fourth-order valence-electron chi connectivity index (χ4n) is 13.2. The van der Waals surface area contributed by atoms with Crippen LogP contribution in [0.5, 0.6) is 0 Å². The predicted molar refractivity (Wildman–Crippen MR) is 446 cm³/mol. The SMILES string of the molecule is C.C.C.C.C.C.C.C.CCC(C)(C)C(=O)OCCOC(=O)CCC(=O)OC1(C)CCC2CC1(C)OC2=O.CCC(C)(C)C(=O)OCCOC(=O)CCC(=O)OC1(C)CCC2CC1OC2=O.CCC(C)(C)C(=O)OCCOC(=O)CCC(=O)OC1(C)CCC2CC1OC2=O.CCC(C)(C)C(=O)OCCOC(=O)CCC(=O)OC1CCC2CC1(C)OC2=O. The molecule has 4 saturated heterocycles. The molecule has 12 unspecified atom stereocenters. The van der Waals surface area contributed by atoms with Crippen molar-refractivity contribution in [3.63, 3.8) is 0 Å². The third kappa shape index (κ3) is 34.6. The molecule has 4 aliphatic carbocycles. The second-order valence-corrected chi connectivity index (χ2v) is 33.7. The summed E-state index contributed by atoms with van der Waals surface area (Å²) in [5, 5.41) is 0. The van der Waals surface area contributed by atoms with Crippen LogP contribution in [-0.2, 0) is 153 Å². The molecular weight excluding hydrogens is 1580 g/mol. The monoisotopic (exact) mass is 1740 g/mol. The zero-order valence-corrected chi connectivity index (χ0v) is 69.2. The lowest BCUT2D eigenvalue weighted by atomic mass is 9.71. The van der Waals surface area contributed by atoms with E-state index in [2.05, 4.69) is 0 Å². The first-order valence-corrected chi connectivity index (χ1v) is 39.7. The average Bonchev–Trinajstić information content (AvgIpc) is 1.60. The second-order valence-electron chi connectivity index (χ2n) is 33.7. The van der Waals surface area contributed by atoms with Crippen molar-refractivity contribution < 1.29 is 153 Å². The highest BCUT2D eigenvalue weighted by Gasteiger charge is 2.61. The lowest BCUT2D eigenvalue weighted by Gasteiger charge is -2.43. The Morgan fingerprint density at radius 2 is 0.612 bits per heavy atom. The van der Waals surface area contributed by atoms with Crippen LogP contribution in [0, 0.1) is 45.3 Å². The molecule has 8 fully saturated rings. The van der Waals surface area contributed by atoms with Crippen LogP contribution < -0.4 is 0 Å². The fourth-order valence-corrected chi connectivity index (χ4v) is 13.2. The molecule has 32 heteroatoms. The highest BCUT2D eigenvalue weighted by molar-refractivity contribution is 5.83. The van der Waals surface area contributed by atoms with E-state index in [1.54, 1.807) is 90.0 Å². The maximum atomic E-state index is 12.2. The minimum atomic E-state index is -0.906. The van der Waals surface area contributed by atoms with Gasteiger partial charge in [-0.25, -0.2) is 0 Å². The zero-order valence-electron chi connectivity index (χ0n) is 69.2. The molecule has 0 N–H and O–H groups in total. The van der Waals surface area contributed by atoms with E-state index < -0.39 is 116 Å². The topological polar surface area (TPSA) is 421 Å². The van der Waals surface area contributed by atoms with Crippen molar-refractivity contribution in [2.24, 2.45) is 45.3 Å². The predicted octanol–water partition coefficient (Wildman–Crippen LogP) is 14.7. The van der Waals surface area contributed by atoms with Gasteiger partial charge in [0.1, 0.15) is 99.2 Å². The third-order valence-corrected chi connectivity index (χ3v) is 23.2. The Morgan fingerprint density at radius 3 is 0.942 bits per heavy atom. The molecule has 0 amide bonds. The Morgan fingerprint density at radius 1 is 0.331 bits per heavy atom. The molecule has 0 aromatic heterocycles. The molecule has 0 aromatic carbocycles. The van der Waals surface area contributed by atoms with Crippen molar-refractivity contribution in [2.75, 3.05) is 52.9 Å². The number of carbonyl (C=O) groups is 16. The molecule has 8 rings (SSSR count). The molecule has 0 spiro atoms. The Balaban J connectivity index is -0.000000738. The van der Waals surface area contributed by atoms with Crippen LogP contribution in [0.2, 0.25) is 0 Å². The van der Waals surface area contributed by atoms with Crippen molar-refractivity contribution in [2.45, 2.75) is 378 Å². The first-order chi connectivity index (χ1) is 52.6. The van der Waals surface area contributed by atoms with Crippen molar-refractivity contribution in [3.8, 4) is 0 Å². The highest BCUT2D eigenvalue weighted by atomic mass is 16.6. The van der Waals surface area contributed by atoms with Gasteiger partial charge in [-0.05, 0) is 167 Å². The van der Waals surface area contributed by atoms with E-state index in [1.165, 1.54) is 0 Å². The van der Waals surface area contributed by atoms with Crippen LogP contribution in [0.15, 0.2) is 0 Å². The fraction of sp³-hybridized carbons (Fsp3) is 0.820. The summed E-state index contributed by atoms with van der Waals surface area (Å²) in [5.41, 5.74) is -6.49. The van der Waals surface area contributed by atoms with Crippen LogP contribution in [0.25, 0.3) is 0 Å². The summed E-state index contributed by atoms with van der Waals surface area (Å²) < 4.78 is 83.8. The summed E-state index contributed by atoms with van der Waals surface area (Å²) >= 11 is 0. The zero-order chi connectivity index (χ0) is 84.7. The molecule has 12 atom stereocenters. The minimum absolute atomic E-state index is 0. The van der Waals surface area contributed by atoms with Gasteiger partial charge in [0, 0.05) is 25.7 Å². The van der Waals surface area contributed by atoms with Gasteiger partial charge in [0.15, 0.2) is 0 Å².